The highest BCUT2D eigenvalue weighted by molar-refractivity contribution is 6.03. The molecule has 23 heavy (non-hydrogen) atoms. The van der Waals surface area contributed by atoms with Crippen molar-refractivity contribution in [2.75, 3.05) is 0 Å². The van der Waals surface area contributed by atoms with Gasteiger partial charge in [-0.15, -0.1) is 0 Å². The Morgan fingerprint density at radius 2 is 1.52 bits per heavy atom. The second-order valence-electron chi connectivity index (χ2n) is 4.71. The third kappa shape index (κ3) is 3.34. The lowest BCUT2D eigenvalue weighted by Crippen LogP contribution is -2.14. The quantitative estimate of drug-likeness (QED) is 0.730. The van der Waals surface area contributed by atoms with Crippen LogP contribution in [0.1, 0.15) is 36.6 Å². The number of Topliss-reactive ketones (excluding diaryl/α,β-unsaturated/α-hetero) is 1. The fourth-order valence-electron chi connectivity index (χ4n) is 2.13. The molecule has 0 saturated heterocycles. The third-order valence-electron chi connectivity index (χ3n) is 3.24. The maximum absolute atomic E-state index is 13.0. The van der Waals surface area contributed by atoms with Gasteiger partial charge in [0.05, 0.1) is 11.1 Å². The minimum atomic E-state index is -1.36. The fourth-order valence-corrected chi connectivity index (χ4v) is 2.13. The number of carboxylic acid groups (broad SMARTS) is 2. The highest BCUT2D eigenvalue weighted by Gasteiger charge is 2.21. The standard InChI is InChI=1S/C16H11FO6/c17-12-5-4-8(6-14(12)19)13(18)7-11-9(15(20)21)2-1-3-10(11)16(22)23/h1-6,19H,7H2,(H,20,21)(H,22,23). The van der Waals surface area contributed by atoms with E-state index < -0.39 is 35.7 Å². The van der Waals surface area contributed by atoms with E-state index in [0.29, 0.717) is 0 Å². The molecule has 6 nitrogen and oxygen atoms in total. The molecule has 0 amide bonds. The number of ketones is 1. The SMILES string of the molecule is O=C(Cc1c(C(=O)O)cccc1C(=O)O)c1ccc(F)c(O)c1. The smallest absolute Gasteiger partial charge is 0.336 e. The predicted molar refractivity (Wildman–Crippen MR) is 76.5 cm³/mol. The van der Waals surface area contributed by atoms with Gasteiger partial charge in [-0.25, -0.2) is 14.0 Å². The highest BCUT2D eigenvalue weighted by Crippen LogP contribution is 2.21. The molecule has 0 aromatic heterocycles. The molecule has 2 rings (SSSR count). The van der Waals surface area contributed by atoms with E-state index in [1.54, 1.807) is 0 Å². The number of aromatic hydroxyl groups is 1. The minimum Gasteiger partial charge on any atom is -0.505 e. The zero-order chi connectivity index (χ0) is 17.1. The lowest BCUT2D eigenvalue weighted by Gasteiger charge is -2.09. The molecule has 0 aliphatic carbocycles. The van der Waals surface area contributed by atoms with E-state index in [1.165, 1.54) is 18.2 Å². The Labute approximate surface area is 129 Å². The second kappa shape index (κ2) is 6.27. The van der Waals surface area contributed by atoms with Crippen LogP contribution in [0, 0.1) is 5.82 Å². The van der Waals surface area contributed by atoms with Crippen LogP contribution >= 0.6 is 0 Å². The molecule has 0 bridgehead atoms. The van der Waals surface area contributed by atoms with Gasteiger partial charge in [-0.2, -0.15) is 0 Å². The molecular formula is C16H11FO6. The zero-order valence-electron chi connectivity index (χ0n) is 11.6. The van der Waals surface area contributed by atoms with Crippen LogP contribution in [0.5, 0.6) is 5.75 Å². The van der Waals surface area contributed by atoms with Gasteiger partial charge in [0.1, 0.15) is 0 Å². The van der Waals surface area contributed by atoms with Gasteiger partial charge in [-0.3, -0.25) is 4.79 Å². The van der Waals surface area contributed by atoms with Crippen molar-refractivity contribution in [1.29, 1.82) is 0 Å². The Morgan fingerprint density at radius 3 is 2.00 bits per heavy atom. The van der Waals surface area contributed by atoms with Crippen LogP contribution in [-0.2, 0) is 6.42 Å². The van der Waals surface area contributed by atoms with Gasteiger partial charge >= 0.3 is 11.9 Å². The molecule has 7 heteroatoms. The third-order valence-corrected chi connectivity index (χ3v) is 3.24. The number of benzene rings is 2. The zero-order valence-corrected chi connectivity index (χ0v) is 11.6. The number of carbonyl (C=O) groups excluding carboxylic acids is 1. The first-order valence-corrected chi connectivity index (χ1v) is 6.41. The normalized spacial score (nSPS) is 10.3. The van der Waals surface area contributed by atoms with Crippen molar-refractivity contribution >= 4 is 17.7 Å². The minimum absolute atomic E-state index is 0.0552. The Bertz CT molecular complexity index is 780. The monoisotopic (exact) mass is 318 g/mol. The summed E-state index contributed by atoms with van der Waals surface area (Å²) in [5, 5.41) is 27.6. The van der Waals surface area contributed by atoms with Crippen LogP contribution in [0.3, 0.4) is 0 Å². The average molecular weight is 318 g/mol. The van der Waals surface area contributed by atoms with Gasteiger partial charge in [0.2, 0.25) is 0 Å². The Morgan fingerprint density at radius 1 is 0.957 bits per heavy atom. The number of aromatic carboxylic acids is 2. The molecule has 0 heterocycles. The number of hydrogen-bond acceptors (Lipinski definition) is 4. The van der Waals surface area contributed by atoms with Crippen LogP contribution in [0.25, 0.3) is 0 Å². The Balaban J connectivity index is 2.45. The van der Waals surface area contributed by atoms with Crippen LogP contribution in [0.2, 0.25) is 0 Å². The molecule has 0 aliphatic heterocycles. The van der Waals surface area contributed by atoms with Crippen molar-refractivity contribution in [1.82, 2.24) is 0 Å². The van der Waals surface area contributed by atoms with E-state index in [1.807, 2.05) is 0 Å². The van der Waals surface area contributed by atoms with E-state index in [4.69, 9.17) is 10.2 Å². The molecular weight excluding hydrogens is 307 g/mol. The van der Waals surface area contributed by atoms with Gasteiger partial charge in [-0.05, 0) is 35.9 Å². The molecule has 0 atom stereocenters. The summed E-state index contributed by atoms with van der Waals surface area (Å²) in [4.78, 5) is 34.6. The first-order valence-electron chi connectivity index (χ1n) is 6.41. The van der Waals surface area contributed by atoms with Crippen LogP contribution in [0.15, 0.2) is 36.4 Å². The van der Waals surface area contributed by atoms with Gasteiger partial charge in [-0.1, -0.05) is 6.07 Å². The maximum Gasteiger partial charge on any atom is 0.336 e. The number of carboxylic acids is 2. The largest absolute Gasteiger partial charge is 0.505 e. The number of rotatable bonds is 5. The lowest BCUT2D eigenvalue weighted by molar-refractivity contribution is 0.0696. The summed E-state index contributed by atoms with van der Waals surface area (Å²) < 4.78 is 13.0. The summed E-state index contributed by atoms with van der Waals surface area (Å²) in [6, 6.07) is 6.58. The molecule has 0 saturated carbocycles. The Kier molecular flexibility index (Phi) is 4.40. The van der Waals surface area contributed by atoms with E-state index in [2.05, 4.69) is 0 Å². The van der Waals surface area contributed by atoms with E-state index >= 15 is 0 Å². The molecule has 0 spiro atoms. The molecule has 0 unspecified atom stereocenters. The van der Waals surface area contributed by atoms with Crippen molar-refractivity contribution in [2.24, 2.45) is 0 Å². The van der Waals surface area contributed by atoms with Gasteiger partial charge in [0.25, 0.3) is 0 Å². The maximum atomic E-state index is 13.0. The van der Waals surface area contributed by atoms with E-state index in [9.17, 15) is 23.9 Å². The summed E-state index contributed by atoms with van der Waals surface area (Å²) in [6.45, 7) is 0. The molecule has 0 radical (unpaired) electrons. The van der Waals surface area contributed by atoms with Crippen LogP contribution in [0.4, 0.5) is 4.39 Å². The number of hydrogen-bond donors (Lipinski definition) is 3. The molecule has 0 aliphatic rings. The van der Waals surface area contributed by atoms with Gasteiger partial charge in [0.15, 0.2) is 17.3 Å². The van der Waals surface area contributed by atoms with Crippen molar-refractivity contribution in [2.45, 2.75) is 6.42 Å². The number of halogens is 1. The van der Waals surface area contributed by atoms with E-state index in [0.717, 1.165) is 18.2 Å². The summed E-state index contributed by atoms with van der Waals surface area (Å²) >= 11 is 0. The fraction of sp³-hybridized carbons (Fsp3) is 0.0625. The van der Waals surface area contributed by atoms with Gasteiger partial charge in [0, 0.05) is 12.0 Å². The topological polar surface area (TPSA) is 112 Å². The summed E-state index contributed by atoms with van der Waals surface area (Å²) in [7, 11) is 0. The Hall–Kier alpha value is -3.22. The lowest BCUT2D eigenvalue weighted by atomic mass is 9.94. The first kappa shape index (κ1) is 16.2. The van der Waals surface area contributed by atoms with Gasteiger partial charge < -0.3 is 15.3 Å². The molecule has 2 aromatic carbocycles. The average Bonchev–Trinajstić information content (AvgIpc) is 2.49. The highest BCUT2D eigenvalue weighted by atomic mass is 19.1. The molecule has 2 aromatic rings. The number of carbonyl (C=O) groups is 3. The van der Waals surface area contributed by atoms with Crippen LogP contribution in [-0.4, -0.2) is 33.0 Å². The van der Waals surface area contributed by atoms with Crippen LogP contribution < -0.4 is 0 Å². The van der Waals surface area contributed by atoms with Crippen molar-refractivity contribution in [3.63, 3.8) is 0 Å². The van der Waals surface area contributed by atoms with E-state index in [-0.39, 0.29) is 22.3 Å². The summed E-state index contributed by atoms with van der Waals surface area (Å²) in [6.07, 6.45) is -0.505. The predicted octanol–water partition coefficient (Wildman–Crippen LogP) is 2.35. The second-order valence-corrected chi connectivity index (χ2v) is 4.71. The van der Waals surface area contributed by atoms with Crippen molar-refractivity contribution < 1.29 is 34.1 Å². The molecule has 0 fully saturated rings. The molecule has 3 N–H and O–H groups in total. The molecule has 118 valence electrons. The summed E-state index contributed by atoms with van der Waals surface area (Å²) in [5.41, 5.74) is -0.809. The first-order chi connectivity index (χ1) is 10.8. The number of phenols is 1. The van der Waals surface area contributed by atoms with Crippen molar-refractivity contribution in [3.05, 3.63) is 64.5 Å². The number of phenolic OH excluding ortho intramolecular Hbond substituents is 1. The summed E-state index contributed by atoms with van der Waals surface area (Å²) in [5.74, 6) is -4.99. The van der Waals surface area contributed by atoms with Crippen molar-refractivity contribution in [3.8, 4) is 5.75 Å².